The van der Waals surface area contributed by atoms with Crippen molar-refractivity contribution in [2.24, 2.45) is 0 Å². The minimum atomic E-state index is -1.81. The molecule has 15 heavy (non-hydrogen) atoms. The van der Waals surface area contributed by atoms with Gasteiger partial charge in [0.05, 0.1) is 0 Å². The fourth-order valence-corrected chi connectivity index (χ4v) is 2.61. The fraction of sp³-hybridized carbons (Fsp3) is 0.900. The van der Waals surface area contributed by atoms with Crippen LogP contribution in [0.5, 0.6) is 0 Å². The average molecular weight is 233 g/mol. The number of hydrogen-bond donors (Lipinski definition) is 3. The van der Waals surface area contributed by atoms with Crippen molar-refractivity contribution in [1.29, 1.82) is 0 Å². The van der Waals surface area contributed by atoms with Crippen LogP contribution < -0.4 is 4.98 Å². The van der Waals surface area contributed by atoms with E-state index in [1.807, 2.05) is 0 Å². The molecular weight excluding hydrogens is 210 g/mol. The zero-order chi connectivity index (χ0) is 12.3. The molecule has 0 bridgehead atoms. The molecule has 1 atom stereocenters. The Bertz CT molecular complexity index is 223. The number of carbonyl (C=O) groups is 1. The Morgan fingerprint density at radius 2 is 1.87 bits per heavy atom. The van der Waals surface area contributed by atoms with Crippen LogP contribution in [-0.4, -0.2) is 37.1 Å². The van der Waals surface area contributed by atoms with Crippen LogP contribution in [0.2, 0.25) is 18.1 Å². The summed E-state index contributed by atoms with van der Waals surface area (Å²) in [6.45, 7) is 10.5. The summed E-state index contributed by atoms with van der Waals surface area (Å²) in [5, 5.41) is 17.9. The summed E-state index contributed by atoms with van der Waals surface area (Å²) in [7, 11) is -1.81. The van der Waals surface area contributed by atoms with Gasteiger partial charge < -0.3 is 15.2 Å². The van der Waals surface area contributed by atoms with Gasteiger partial charge in [0.2, 0.25) is 0 Å². The highest BCUT2D eigenvalue weighted by Gasteiger charge is 2.38. The molecule has 0 aromatic rings. The van der Waals surface area contributed by atoms with E-state index < -0.39 is 20.2 Å². The van der Waals surface area contributed by atoms with Crippen molar-refractivity contribution >= 4 is 14.2 Å². The van der Waals surface area contributed by atoms with Gasteiger partial charge in [0, 0.05) is 6.61 Å². The monoisotopic (exact) mass is 233 g/mol. The van der Waals surface area contributed by atoms with E-state index in [4.69, 9.17) is 10.2 Å². The van der Waals surface area contributed by atoms with Gasteiger partial charge in [-0.2, -0.15) is 0 Å². The first-order valence-corrected chi connectivity index (χ1v) is 8.23. The predicted octanol–water partition coefficient (Wildman–Crippen LogP) is 1.42. The molecule has 0 heterocycles. The minimum Gasteiger partial charge on any atom is -0.480 e. The van der Waals surface area contributed by atoms with Gasteiger partial charge in [-0.3, -0.25) is 4.79 Å². The van der Waals surface area contributed by atoms with E-state index in [0.717, 1.165) is 0 Å². The highest BCUT2D eigenvalue weighted by Crippen LogP contribution is 2.34. The number of nitrogens with one attached hydrogen (secondary N) is 1. The van der Waals surface area contributed by atoms with Crippen LogP contribution in [0, 0.1) is 0 Å². The zero-order valence-electron chi connectivity index (χ0n) is 10.3. The summed E-state index contributed by atoms with van der Waals surface area (Å²) >= 11 is 0. The summed E-state index contributed by atoms with van der Waals surface area (Å²) in [6, 6.07) is -0.629. The Morgan fingerprint density at radius 3 is 2.13 bits per heavy atom. The zero-order valence-corrected chi connectivity index (χ0v) is 11.3. The summed E-state index contributed by atoms with van der Waals surface area (Å²) in [4.78, 5) is 14.2. The van der Waals surface area contributed by atoms with Gasteiger partial charge in [-0.1, -0.05) is 33.9 Å². The number of aliphatic hydroxyl groups is 1. The van der Waals surface area contributed by atoms with Crippen molar-refractivity contribution in [3.8, 4) is 0 Å². The van der Waals surface area contributed by atoms with Crippen molar-refractivity contribution in [2.45, 2.75) is 51.4 Å². The second kappa shape index (κ2) is 5.09. The largest absolute Gasteiger partial charge is 0.480 e. The Labute approximate surface area is 92.8 Å². The van der Waals surface area contributed by atoms with Crippen molar-refractivity contribution in [3.63, 3.8) is 0 Å². The molecule has 3 N–H and O–H groups in total. The first kappa shape index (κ1) is 14.6. The first-order valence-electron chi connectivity index (χ1n) is 5.23. The van der Waals surface area contributed by atoms with E-state index in [1.165, 1.54) is 0 Å². The maximum Gasteiger partial charge on any atom is 0.320 e. The lowest BCUT2D eigenvalue weighted by atomic mass is 10.2. The molecule has 0 saturated heterocycles. The molecule has 4 nitrogen and oxygen atoms in total. The standard InChI is InChI=1S/C10H23NO3Si/c1-10(2,3)15(4,5)11-8(6-7-12)9(13)14/h8,11-12H,6-7H2,1-5H3,(H,13,14)/t8-/m0/s1. The molecule has 0 aromatic heterocycles. The van der Waals surface area contributed by atoms with Crippen LogP contribution in [0.4, 0.5) is 0 Å². The molecule has 90 valence electrons. The van der Waals surface area contributed by atoms with E-state index >= 15 is 0 Å². The summed E-state index contributed by atoms with van der Waals surface area (Å²) in [5.74, 6) is -0.881. The number of aliphatic hydroxyl groups excluding tert-OH is 1. The number of carboxylic acids is 1. The Kier molecular flexibility index (Phi) is 4.96. The second-order valence-electron chi connectivity index (χ2n) is 5.42. The minimum absolute atomic E-state index is 0.0934. The molecule has 0 aromatic carbocycles. The molecule has 0 aliphatic carbocycles. The maximum absolute atomic E-state index is 10.9. The lowest BCUT2D eigenvalue weighted by Crippen LogP contribution is -2.58. The van der Waals surface area contributed by atoms with Gasteiger partial charge in [-0.25, -0.2) is 0 Å². The number of aliphatic carboxylic acids is 1. The molecule has 0 spiro atoms. The summed E-state index contributed by atoms with van der Waals surface area (Å²) in [5.41, 5.74) is 0. The predicted molar refractivity (Wildman–Crippen MR) is 63.5 cm³/mol. The Morgan fingerprint density at radius 1 is 1.40 bits per heavy atom. The third-order valence-electron chi connectivity index (χ3n) is 3.13. The van der Waals surface area contributed by atoms with Crippen LogP contribution in [-0.2, 0) is 4.79 Å². The highest BCUT2D eigenvalue weighted by molar-refractivity contribution is 6.78. The van der Waals surface area contributed by atoms with Crippen LogP contribution in [0.25, 0.3) is 0 Å². The highest BCUT2D eigenvalue weighted by atomic mass is 28.3. The first-order chi connectivity index (χ1) is 6.62. The number of hydrogen-bond acceptors (Lipinski definition) is 3. The third-order valence-corrected chi connectivity index (χ3v) is 7.95. The molecule has 0 fully saturated rings. The Balaban J connectivity index is 4.59. The number of carboxylic acid groups (broad SMARTS) is 1. The van der Waals surface area contributed by atoms with Crippen molar-refractivity contribution in [3.05, 3.63) is 0 Å². The normalized spacial score (nSPS) is 15.1. The van der Waals surface area contributed by atoms with Gasteiger partial charge in [0.15, 0.2) is 0 Å². The van der Waals surface area contributed by atoms with Crippen molar-refractivity contribution < 1.29 is 15.0 Å². The smallest absolute Gasteiger partial charge is 0.320 e. The van der Waals surface area contributed by atoms with E-state index in [-0.39, 0.29) is 18.1 Å². The molecular formula is C10H23NO3Si. The Hall–Kier alpha value is -0.393. The second-order valence-corrected chi connectivity index (χ2v) is 10.5. The van der Waals surface area contributed by atoms with Crippen LogP contribution >= 0.6 is 0 Å². The van der Waals surface area contributed by atoms with Crippen molar-refractivity contribution in [2.75, 3.05) is 6.61 Å². The average Bonchev–Trinajstić information content (AvgIpc) is 2.00. The molecule has 5 heteroatoms. The van der Waals surface area contributed by atoms with E-state index in [2.05, 4.69) is 38.8 Å². The summed E-state index contributed by atoms with van der Waals surface area (Å²) in [6.07, 6.45) is 0.266. The summed E-state index contributed by atoms with van der Waals surface area (Å²) < 4.78 is 0. The third kappa shape index (κ3) is 4.32. The molecule has 0 aliphatic rings. The van der Waals surface area contributed by atoms with Crippen LogP contribution in [0.15, 0.2) is 0 Å². The maximum atomic E-state index is 10.9. The van der Waals surface area contributed by atoms with Gasteiger partial charge >= 0.3 is 5.97 Å². The van der Waals surface area contributed by atoms with E-state index in [0.29, 0.717) is 0 Å². The SMILES string of the molecule is CC(C)(C)[Si](C)(C)N[C@@H](CCO)C(=O)O. The molecule has 0 radical (unpaired) electrons. The lowest BCUT2D eigenvalue weighted by molar-refractivity contribution is -0.139. The quantitative estimate of drug-likeness (QED) is 0.628. The van der Waals surface area contributed by atoms with E-state index in [9.17, 15) is 4.79 Å². The number of rotatable bonds is 5. The molecule has 0 amide bonds. The molecule has 0 aliphatic heterocycles. The molecule has 0 saturated carbocycles. The van der Waals surface area contributed by atoms with Gasteiger partial charge in [0.25, 0.3) is 0 Å². The van der Waals surface area contributed by atoms with Crippen molar-refractivity contribution in [1.82, 2.24) is 4.98 Å². The lowest BCUT2D eigenvalue weighted by Gasteiger charge is -2.39. The van der Waals surface area contributed by atoms with Gasteiger partial charge in [0.1, 0.15) is 14.3 Å². The van der Waals surface area contributed by atoms with Crippen LogP contribution in [0.1, 0.15) is 27.2 Å². The van der Waals surface area contributed by atoms with Crippen LogP contribution in [0.3, 0.4) is 0 Å². The molecule has 0 unspecified atom stereocenters. The van der Waals surface area contributed by atoms with Gasteiger partial charge in [-0.15, -0.1) is 0 Å². The van der Waals surface area contributed by atoms with Gasteiger partial charge in [-0.05, 0) is 11.5 Å². The molecule has 0 rings (SSSR count). The topological polar surface area (TPSA) is 69.6 Å². The fourth-order valence-electron chi connectivity index (χ4n) is 1.04. The van der Waals surface area contributed by atoms with E-state index in [1.54, 1.807) is 0 Å².